The highest BCUT2D eigenvalue weighted by Crippen LogP contribution is 2.40. The van der Waals surface area contributed by atoms with Gasteiger partial charge < -0.3 is 29.4 Å². The maximum atomic E-state index is 11.2. The lowest BCUT2D eigenvalue weighted by molar-refractivity contribution is 0.343. The molecule has 0 saturated carbocycles. The zero-order valence-corrected chi connectivity index (χ0v) is 22.8. The summed E-state index contributed by atoms with van der Waals surface area (Å²) >= 11 is 5.88. The van der Waals surface area contributed by atoms with Gasteiger partial charge in [-0.1, -0.05) is 30.3 Å². The number of hydrogen-bond acceptors (Lipinski definition) is 7. The fourth-order valence-electron chi connectivity index (χ4n) is 4.59. The van der Waals surface area contributed by atoms with E-state index in [1.807, 2.05) is 77.8 Å². The number of fused-ring (bicyclic) bond motifs is 1. The highest BCUT2D eigenvalue weighted by Gasteiger charge is 2.31. The molecule has 1 unspecified atom stereocenters. The third-order valence-electron chi connectivity index (χ3n) is 6.62. The second kappa shape index (κ2) is 11.0. The molecule has 0 amide bonds. The number of hydrogen-bond donors (Lipinski definition) is 3. The SMILES string of the molecule is COc1cc(OC)cc(C2C=C(c3ccc4ccccc4c3O)NN2C(=S)Nc2ccc(OC)cc2OC)c1. The second-order valence-electron chi connectivity index (χ2n) is 8.83. The van der Waals surface area contributed by atoms with Gasteiger partial charge in [-0.25, -0.2) is 0 Å². The molecule has 0 bridgehead atoms. The quantitative estimate of drug-likeness (QED) is 0.248. The number of nitrogens with zero attached hydrogens (tertiary/aromatic N) is 1. The van der Waals surface area contributed by atoms with Gasteiger partial charge in [-0.3, -0.25) is 10.4 Å². The first-order chi connectivity index (χ1) is 18.9. The smallest absolute Gasteiger partial charge is 0.193 e. The monoisotopic (exact) mass is 543 g/mol. The first kappa shape index (κ1) is 26.0. The minimum Gasteiger partial charge on any atom is -0.507 e. The summed E-state index contributed by atoms with van der Waals surface area (Å²) in [4.78, 5) is 0. The van der Waals surface area contributed by atoms with Gasteiger partial charge in [-0.05, 0) is 59.6 Å². The molecule has 0 aromatic heterocycles. The van der Waals surface area contributed by atoms with Crippen molar-refractivity contribution in [1.82, 2.24) is 10.4 Å². The van der Waals surface area contributed by atoms with Crippen molar-refractivity contribution in [3.05, 3.63) is 90.0 Å². The van der Waals surface area contributed by atoms with Crippen LogP contribution in [0.25, 0.3) is 16.5 Å². The minimum atomic E-state index is -0.362. The zero-order chi connectivity index (χ0) is 27.5. The molecule has 39 heavy (non-hydrogen) atoms. The van der Waals surface area contributed by atoms with Gasteiger partial charge in [0, 0.05) is 23.1 Å². The summed E-state index contributed by atoms with van der Waals surface area (Å²) in [5, 5.41) is 18.4. The predicted molar refractivity (Wildman–Crippen MR) is 157 cm³/mol. The van der Waals surface area contributed by atoms with Crippen LogP contribution >= 0.6 is 12.2 Å². The van der Waals surface area contributed by atoms with Crippen molar-refractivity contribution < 1.29 is 24.1 Å². The lowest BCUT2D eigenvalue weighted by Crippen LogP contribution is -2.42. The van der Waals surface area contributed by atoms with Gasteiger partial charge in [-0.15, -0.1) is 0 Å². The van der Waals surface area contributed by atoms with E-state index in [2.05, 4.69) is 10.7 Å². The van der Waals surface area contributed by atoms with Gasteiger partial charge >= 0.3 is 0 Å². The van der Waals surface area contributed by atoms with Crippen molar-refractivity contribution in [1.29, 1.82) is 0 Å². The Kier molecular flexibility index (Phi) is 7.33. The number of anilines is 1. The normalized spacial score (nSPS) is 14.4. The van der Waals surface area contributed by atoms with Gasteiger partial charge in [0.2, 0.25) is 0 Å². The largest absolute Gasteiger partial charge is 0.507 e. The molecule has 0 aliphatic carbocycles. The molecular formula is C30H29N3O5S. The van der Waals surface area contributed by atoms with Crippen molar-refractivity contribution in [2.45, 2.75) is 6.04 Å². The van der Waals surface area contributed by atoms with Crippen LogP contribution in [-0.4, -0.2) is 43.7 Å². The number of hydrazine groups is 1. The Balaban J connectivity index is 1.56. The van der Waals surface area contributed by atoms with Crippen molar-refractivity contribution in [3.63, 3.8) is 0 Å². The lowest BCUT2D eigenvalue weighted by Gasteiger charge is -2.29. The first-order valence-electron chi connectivity index (χ1n) is 12.2. The molecule has 4 aromatic rings. The number of ether oxygens (including phenoxy) is 4. The first-order valence-corrected chi connectivity index (χ1v) is 12.6. The van der Waals surface area contributed by atoms with Crippen LogP contribution < -0.4 is 29.7 Å². The highest BCUT2D eigenvalue weighted by atomic mass is 32.1. The number of thiocarbonyl (C=S) groups is 1. The molecule has 200 valence electrons. The lowest BCUT2D eigenvalue weighted by atomic mass is 10.0. The molecule has 8 nitrogen and oxygen atoms in total. The number of aromatic hydroxyl groups is 1. The van der Waals surface area contributed by atoms with Crippen molar-refractivity contribution in [2.75, 3.05) is 33.8 Å². The molecule has 1 aliphatic heterocycles. The molecule has 0 radical (unpaired) electrons. The molecule has 1 aliphatic rings. The van der Waals surface area contributed by atoms with E-state index in [4.69, 9.17) is 31.2 Å². The third-order valence-corrected chi connectivity index (χ3v) is 6.92. The van der Waals surface area contributed by atoms with E-state index in [1.54, 1.807) is 34.5 Å². The average Bonchev–Trinajstić information content (AvgIpc) is 3.43. The molecule has 1 atom stereocenters. The third kappa shape index (κ3) is 5.08. The number of rotatable bonds is 7. The topological polar surface area (TPSA) is 84.5 Å². The fourth-order valence-corrected chi connectivity index (χ4v) is 4.86. The van der Waals surface area contributed by atoms with Crippen molar-refractivity contribution in [2.24, 2.45) is 0 Å². The molecule has 1 heterocycles. The molecule has 3 N–H and O–H groups in total. The van der Waals surface area contributed by atoms with Gasteiger partial charge in [0.15, 0.2) is 5.11 Å². The van der Waals surface area contributed by atoms with E-state index in [-0.39, 0.29) is 11.8 Å². The minimum absolute atomic E-state index is 0.186. The van der Waals surface area contributed by atoms with E-state index >= 15 is 0 Å². The standard InChI is InChI=1S/C30H29N3O5S/c1-35-20-10-12-25(28(16-20)38-4)31-30(39)33-27(19-13-21(36-2)15-22(14-19)37-3)17-26(32-33)24-11-9-18-7-5-6-8-23(18)29(24)34/h5-17,27,32,34H,1-4H3,(H,31,39). The van der Waals surface area contributed by atoms with Crippen molar-refractivity contribution >= 4 is 39.5 Å². The Morgan fingerprint density at radius 2 is 1.56 bits per heavy atom. The number of nitrogens with one attached hydrogen (secondary N) is 2. The number of benzene rings is 4. The Bertz CT molecular complexity index is 1550. The molecule has 5 rings (SSSR count). The highest BCUT2D eigenvalue weighted by molar-refractivity contribution is 7.80. The number of methoxy groups -OCH3 is 4. The second-order valence-corrected chi connectivity index (χ2v) is 9.22. The van der Waals surface area contributed by atoms with Crippen LogP contribution in [0, 0.1) is 0 Å². The summed E-state index contributed by atoms with van der Waals surface area (Å²) in [6.07, 6.45) is 2.01. The molecule has 0 saturated heterocycles. The summed E-state index contributed by atoms with van der Waals surface area (Å²) in [6.45, 7) is 0. The number of phenols is 1. The van der Waals surface area contributed by atoms with Crippen LogP contribution in [-0.2, 0) is 0 Å². The van der Waals surface area contributed by atoms with E-state index in [0.717, 1.165) is 16.3 Å². The molecule has 0 fully saturated rings. The fraction of sp³-hybridized carbons (Fsp3) is 0.167. The Hall–Kier alpha value is -4.63. The Morgan fingerprint density at radius 3 is 2.26 bits per heavy atom. The Morgan fingerprint density at radius 1 is 0.846 bits per heavy atom. The number of phenolic OH excluding ortho intramolecular Hbond substituents is 1. The summed E-state index contributed by atoms with van der Waals surface area (Å²) in [5.41, 5.74) is 6.31. The van der Waals surface area contributed by atoms with Crippen LogP contribution in [0.4, 0.5) is 5.69 Å². The van der Waals surface area contributed by atoms with Crippen LogP contribution in [0.2, 0.25) is 0 Å². The summed E-state index contributed by atoms with van der Waals surface area (Å²) in [7, 11) is 6.41. The molecule has 0 spiro atoms. The summed E-state index contributed by atoms with van der Waals surface area (Å²) in [6, 6.07) is 22.3. The van der Waals surface area contributed by atoms with E-state index in [1.165, 1.54) is 0 Å². The van der Waals surface area contributed by atoms with Gasteiger partial charge in [0.1, 0.15) is 28.7 Å². The predicted octanol–water partition coefficient (Wildman–Crippen LogP) is 5.88. The summed E-state index contributed by atoms with van der Waals surface area (Å²) in [5.74, 6) is 2.73. The molecule has 9 heteroatoms. The van der Waals surface area contributed by atoms with Gasteiger partial charge in [0.05, 0.1) is 45.9 Å². The average molecular weight is 544 g/mol. The summed E-state index contributed by atoms with van der Waals surface area (Å²) < 4.78 is 21.9. The van der Waals surface area contributed by atoms with Gasteiger partial charge in [-0.2, -0.15) is 0 Å². The van der Waals surface area contributed by atoms with E-state index in [0.29, 0.717) is 45.1 Å². The van der Waals surface area contributed by atoms with Crippen LogP contribution in [0.5, 0.6) is 28.7 Å². The van der Waals surface area contributed by atoms with E-state index in [9.17, 15) is 5.11 Å². The maximum Gasteiger partial charge on any atom is 0.193 e. The van der Waals surface area contributed by atoms with Crippen LogP contribution in [0.1, 0.15) is 17.2 Å². The molecule has 4 aromatic carbocycles. The Labute approximate surface area is 232 Å². The maximum absolute atomic E-state index is 11.2. The van der Waals surface area contributed by atoms with Crippen LogP contribution in [0.15, 0.2) is 78.9 Å². The van der Waals surface area contributed by atoms with Crippen LogP contribution in [0.3, 0.4) is 0 Å². The van der Waals surface area contributed by atoms with Gasteiger partial charge in [0.25, 0.3) is 0 Å². The molecular weight excluding hydrogens is 514 g/mol. The zero-order valence-electron chi connectivity index (χ0n) is 22.0. The van der Waals surface area contributed by atoms with Crippen molar-refractivity contribution in [3.8, 4) is 28.7 Å². The van der Waals surface area contributed by atoms with E-state index < -0.39 is 0 Å².